The standard InChI is InChI=1S/C12H13NO2/c1-3-13-12(14)11-8(2)9-6-4-5-7-10(9)15-11/h4-7H,3H2,1-2H3,(H,13,14). The Bertz CT molecular complexity index is 499. The molecule has 1 heterocycles. The lowest BCUT2D eigenvalue weighted by Crippen LogP contribution is -2.22. The zero-order chi connectivity index (χ0) is 10.8. The Morgan fingerprint density at radius 1 is 1.40 bits per heavy atom. The van der Waals surface area contributed by atoms with E-state index in [0.717, 1.165) is 16.5 Å². The van der Waals surface area contributed by atoms with Crippen LogP contribution in [0.1, 0.15) is 23.0 Å². The third-order valence-electron chi connectivity index (χ3n) is 2.39. The molecule has 0 fully saturated rings. The number of hydrogen-bond donors (Lipinski definition) is 1. The van der Waals surface area contributed by atoms with E-state index in [4.69, 9.17) is 4.42 Å². The average Bonchev–Trinajstić information content (AvgIpc) is 2.57. The Labute approximate surface area is 88.1 Å². The van der Waals surface area contributed by atoms with Crippen LogP contribution in [0.4, 0.5) is 0 Å². The first-order valence-electron chi connectivity index (χ1n) is 5.00. The highest BCUT2D eigenvalue weighted by atomic mass is 16.3. The van der Waals surface area contributed by atoms with Gasteiger partial charge in [0.25, 0.3) is 5.91 Å². The first kappa shape index (κ1) is 9.77. The number of para-hydroxylation sites is 1. The van der Waals surface area contributed by atoms with Gasteiger partial charge in [0, 0.05) is 17.5 Å². The highest BCUT2D eigenvalue weighted by Gasteiger charge is 2.15. The number of nitrogens with one attached hydrogen (secondary N) is 1. The van der Waals surface area contributed by atoms with Crippen LogP contribution in [0.15, 0.2) is 28.7 Å². The minimum atomic E-state index is -0.147. The summed E-state index contributed by atoms with van der Waals surface area (Å²) in [6, 6.07) is 7.65. The summed E-state index contributed by atoms with van der Waals surface area (Å²) in [5, 5.41) is 3.73. The van der Waals surface area contributed by atoms with Gasteiger partial charge in [-0.15, -0.1) is 0 Å². The molecule has 3 heteroatoms. The SMILES string of the molecule is CCNC(=O)c1oc2ccccc2c1C. The zero-order valence-electron chi connectivity index (χ0n) is 8.83. The highest BCUT2D eigenvalue weighted by Crippen LogP contribution is 2.24. The van der Waals surface area contributed by atoms with Crippen molar-refractivity contribution in [2.75, 3.05) is 6.54 Å². The molecule has 1 N–H and O–H groups in total. The lowest BCUT2D eigenvalue weighted by molar-refractivity contribution is 0.0929. The maximum absolute atomic E-state index is 11.6. The van der Waals surface area contributed by atoms with Crippen molar-refractivity contribution in [1.29, 1.82) is 0 Å². The molecule has 1 amide bonds. The molecule has 0 aliphatic rings. The second kappa shape index (κ2) is 3.77. The summed E-state index contributed by atoms with van der Waals surface area (Å²) in [6.45, 7) is 4.39. The van der Waals surface area contributed by atoms with E-state index in [1.54, 1.807) is 0 Å². The van der Waals surface area contributed by atoms with Crippen molar-refractivity contribution in [2.24, 2.45) is 0 Å². The summed E-state index contributed by atoms with van der Waals surface area (Å²) in [6.07, 6.45) is 0. The van der Waals surface area contributed by atoms with Crippen LogP contribution in [0, 0.1) is 6.92 Å². The molecule has 0 unspecified atom stereocenters. The van der Waals surface area contributed by atoms with Crippen LogP contribution < -0.4 is 5.32 Å². The van der Waals surface area contributed by atoms with Gasteiger partial charge in [0.1, 0.15) is 5.58 Å². The minimum Gasteiger partial charge on any atom is -0.451 e. The number of benzene rings is 1. The van der Waals surface area contributed by atoms with E-state index in [1.165, 1.54) is 0 Å². The first-order chi connectivity index (χ1) is 7.24. The predicted octanol–water partition coefficient (Wildman–Crippen LogP) is 2.49. The van der Waals surface area contributed by atoms with E-state index >= 15 is 0 Å². The van der Waals surface area contributed by atoms with Crippen molar-refractivity contribution in [2.45, 2.75) is 13.8 Å². The molecule has 0 aliphatic heterocycles. The van der Waals surface area contributed by atoms with E-state index < -0.39 is 0 Å². The van der Waals surface area contributed by atoms with Gasteiger partial charge in [-0.3, -0.25) is 4.79 Å². The highest BCUT2D eigenvalue weighted by molar-refractivity contribution is 5.98. The van der Waals surface area contributed by atoms with Crippen LogP contribution >= 0.6 is 0 Å². The van der Waals surface area contributed by atoms with Crippen LogP contribution in [0.3, 0.4) is 0 Å². The molecular formula is C12H13NO2. The Morgan fingerprint density at radius 3 is 2.80 bits per heavy atom. The molecule has 0 saturated carbocycles. The smallest absolute Gasteiger partial charge is 0.287 e. The van der Waals surface area contributed by atoms with Crippen LogP contribution in [-0.2, 0) is 0 Å². The van der Waals surface area contributed by atoms with Crippen LogP contribution in [0.25, 0.3) is 11.0 Å². The Morgan fingerprint density at radius 2 is 2.13 bits per heavy atom. The van der Waals surface area contributed by atoms with Crippen LogP contribution in [0.5, 0.6) is 0 Å². The topological polar surface area (TPSA) is 42.2 Å². The van der Waals surface area contributed by atoms with E-state index in [9.17, 15) is 4.79 Å². The summed E-state index contributed by atoms with van der Waals surface area (Å²) >= 11 is 0. The molecule has 0 bridgehead atoms. The van der Waals surface area contributed by atoms with Gasteiger partial charge in [0.15, 0.2) is 5.76 Å². The maximum Gasteiger partial charge on any atom is 0.287 e. The van der Waals surface area contributed by atoms with E-state index in [-0.39, 0.29) is 5.91 Å². The minimum absolute atomic E-state index is 0.147. The molecule has 3 nitrogen and oxygen atoms in total. The number of fused-ring (bicyclic) bond motifs is 1. The summed E-state index contributed by atoms with van der Waals surface area (Å²) < 4.78 is 5.50. The van der Waals surface area contributed by atoms with Gasteiger partial charge in [-0.2, -0.15) is 0 Å². The maximum atomic E-state index is 11.6. The molecule has 15 heavy (non-hydrogen) atoms. The van der Waals surface area contributed by atoms with E-state index in [0.29, 0.717) is 12.3 Å². The van der Waals surface area contributed by atoms with Crippen molar-refractivity contribution < 1.29 is 9.21 Å². The molecule has 1 aromatic heterocycles. The number of carbonyl (C=O) groups is 1. The molecule has 0 atom stereocenters. The van der Waals surface area contributed by atoms with Gasteiger partial charge in [-0.05, 0) is 19.9 Å². The zero-order valence-corrected chi connectivity index (χ0v) is 8.83. The number of hydrogen-bond acceptors (Lipinski definition) is 2. The number of aryl methyl sites for hydroxylation is 1. The third-order valence-corrected chi connectivity index (χ3v) is 2.39. The van der Waals surface area contributed by atoms with Gasteiger partial charge in [0.2, 0.25) is 0 Å². The molecular weight excluding hydrogens is 190 g/mol. The average molecular weight is 203 g/mol. The van der Waals surface area contributed by atoms with E-state index in [1.807, 2.05) is 38.1 Å². The van der Waals surface area contributed by atoms with Crippen LogP contribution in [-0.4, -0.2) is 12.5 Å². The molecule has 0 spiro atoms. The fraction of sp³-hybridized carbons (Fsp3) is 0.250. The van der Waals surface area contributed by atoms with Crippen LogP contribution in [0.2, 0.25) is 0 Å². The molecule has 0 saturated heterocycles. The van der Waals surface area contributed by atoms with E-state index in [2.05, 4.69) is 5.32 Å². The summed E-state index contributed by atoms with van der Waals surface area (Å²) in [5.74, 6) is 0.268. The van der Waals surface area contributed by atoms with Crippen molar-refractivity contribution in [3.8, 4) is 0 Å². The first-order valence-corrected chi connectivity index (χ1v) is 5.00. The lowest BCUT2D eigenvalue weighted by Gasteiger charge is -1.98. The molecule has 0 radical (unpaired) electrons. The van der Waals surface area contributed by atoms with Gasteiger partial charge in [-0.1, -0.05) is 18.2 Å². The van der Waals surface area contributed by atoms with Crippen molar-refractivity contribution >= 4 is 16.9 Å². The summed E-state index contributed by atoms with van der Waals surface area (Å²) in [7, 11) is 0. The van der Waals surface area contributed by atoms with Gasteiger partial charge >= 0.3 is 0 Å². The summed E-state index contributed by atoms with van der Waals surface area (Å²) in [4.78, 5) is 11.6. The monoisotopic (exact) mass is 203 g/mol. The Kier molecular flexibility index (Phi) is 2.46. The number of amides is 1. The second-order valence-corrected chi connectivity index (χ2v) is 3.41. The van der Waals surface area contributed by atoms with Crippen molar-refractivity contribution in [3.05, 3.63) is 35.6 Å². The fourth-order valence-corrected chi connectivity index (χ4v) is 1.63. The largest absolute Gasteiger partial charge is 0.451 e. The predicted molar refractivity (Wildman–Crippen MR) is 59.0 cm³/mol. The van der Waals surface area contributed by atoms with Gasteiger partial charge < -0.3 is 9.73 Å². The van der Waals surface area contributed by atoms with Gasteiger partial charge in [0.05, 0.1) is 0 Å². The third kappa shape index (κ3) is 1.61. The lowest BCUT2D eigenvalue weighted by atomic mass is 10.1. The molecule has 1 aromatic carbocycles. The molecule has 2 rings (SSSR count). The molecule has 78 valence electrons. The van der Waals surface area contributed by atoms with Crippen molar-refractivity contribution in [1.82, 2.24) is 5.32 Å². The number of carbonyl (C=O) groups excluding carboxylic acids is 1. The second-order valence-electron chi connectivity index (χ2n) is 3.41. The number of furan rings is 1. The Balaban J connectivity index is 2.53. The normalized spacial score (nSPS) is 10.5. The quantitative estimate of drug-likeness (QED) is 0.814. The molecule has 2 aromatic rings. The number of rotatable bonds is 2. The summed E-state index contributed by atoms with van der Waals surface area (Å²) in [5.41, 5.74) is 1.66. The van der Waals surface area contributed by atoms with Crippen molar-refractivity contribution in [3.63, 3.8) is 0 Å². The Hall–Kier alpha value is -1.77. The fourth-order valence-electron chi connectivity index (χ4n) is 1.63. The van der Waals surface area contributed by atoms with Gasteiger partial charge in [-0.25, -0.2) is 0 Å². The molecule has 0 aliphatic carbocycles.